The number of hydrogen-bond donors (Lipinski definition) is 3. The monoisotopic (exact) mass is 364 g/mol. The van der Waals surface area contributed by atoms with Crippen LogP contribution in [-0.4, -0.2) is 27.0 Å². The standard InChI is InChI=1S/C19H21N7O/c20-16(13-3-4-14(10-13)27-15-2-1-6-22-12-15)11-18(21)25-19-17-5-7-24-26(17)9-8-23-19/h1-2,5-9,11-14H,3-4,10H2,(H4,20,21,23,25)/p+1/t13-,14+/m0/s1. The molecule has 1 aliphatic carbocycles. The van der Waals surface area contributed by atoms with Crippen LogP contribution in [0.1, 0.15) is 19.3 Å². The summed E-state index contributed by atoms with van der Waals surface area (Å²) in [5, 5.41) is 3.05. The topological polar surface area (TPSA) is 119 Å². The minimum Gasteiger partial charge on any atom is -0.489 e. The van der Waals surface area contributed by atoms with E-state index in [0.29, 0.717) is 11.7 Å². The van der Waals surface area contributed by atoms with E-state index in [-0.39, 0.29) is 12.0 Å². The maximum Gasteiger partial charge on any atom is 0.281 e. The molecule has 0 amide bonds. The van der Waals surface area contributed by atoms with E-state index in [9.17, 15) is 0 Å². The first-order valence-electron chi connectivity index (χ1n) is 8.91. The summed E-state index contributed by atoms with van der Waals surface area (Å²) in [5.74, 6) is 1.90. The van der Waals surface area contributed by atoms with Crippen molar-refractivity contribution in [3.8, 4) is 5.75 Å². The lowest BCUT2D eigenvalue weighted by Crippen LogP contribution is -2.22. The molecule has 3 aromatic heterocycles. The Balaban J connectivity index is 1.43. The van der Waals surface area contributed by atoms with Crippen molar-refractivity contribution in [1.82, 2.24) is 15.1 Å². The zero-order valence-electron chi connectivity index (χ0n) is 14.8. The first-order chi connectivity index (χ1) is 13.2. The highest BCUT2D eigenvalue weighted by atomic mass is 16.5. The molecule has 1 saturated carbocycles. The molecule has 8 heteroatoms. The molecule has 3 aromatic rings. The number of aromatic nitrogens is 4. The van der Waals surface area contributed by atoms with Crippen molar-refractivity contribution in [2.45, 2.75) is 25.4 Å². The highest BCUT2D eigenvalue weighted by Crippen LogP contribution is 2.32. The van der Waals surface area contributed by atoms with Crippen LogP contribution in [0.4, 0.5) is 5.82 Å². The third kappa shape index (κ3) is 3.89. The number of H-pyrrole nitrogens is 1. The van der Waals surface area contributed by atoms with Gasteiger partial charge in [-0.05, 0) is 37.5 Å². The molecule has 0 bridgehead atoms. The lowest BCUT2D eigenvalue weighted by Gasteiger charge is -2.14. The quantitative estimate of drug-likeness (QED) is 0.361. The Morgan fingerprint density at radius 1 is 1.30 bits per heavy atom. The molecule has 0 aromatic carbocycles. The van der Waals surface area contributed by atoms with Gasteiger partial charge in [0, 0.05) is 23.9 Å². The van der Waals surface area contributed by atoms with Crippen molar-refractivity contribution in [3.63, 3.8) is 0 Å². The maximum atomic E-state index is 6.28. The van der Waals surface area contributed by atoms with Gasteiger partial charge in [-0.1, -0.05) is 4.52 Å². The zero-order chi connectivity index (χ0) is 18.6. The van der Waals surface area contributed by atoms with Crippen LogP contribution in [0.15, 0.2) is 65.9 Å². The van der Waals surface area contributed by atoms with Gasteiger partial charge in [0.15, 0.2) is 0 Å². The van der Waals surface area contributed by atoms with Crippen LogP contribution in [0, 0.1) is 5.92 Å². The Bertz CT molecular complexity index is 980. The van der Waals surface area contributed by atoms with Gasteiger partial charge >= 0.3 is 0 Å². The van der Waals surface area contributed by atoms with E-state index in [1.54, 1.807) is 24.7 Å². The molecule has 27 heavy (non-hydrogen) atoms. The normalized spacial score (nSPS) is 20.9. The molecule has 8 nitrogen and oxygen atoms in total. The number of aromatic amines is 1. The van der Waals surface area contributed by atoms with Gasteiger partial charge in [-0.25, -0.2) is 9.98 Å². The summed E-state index contributed by atoms with van der Waals surface area (Å²) >= 11 is 0. The summed E-state index contributed by atoms with van der Waals surface area (Å²) in [7, 11) is 0. The first kappa shape index (κ1) is 17.0. The van der Waals surface area contributed by atoms with Crippen molar-refractivity contribution in [2.75, 3.05) is 0 Å². The number of rotatable bonds is 5. The molecular formula is C19H22N7O+. The largest absolute Gasteiger partial charge is 0.489 e. The predicted molar refractivity (Wildman–Crippen MR) is 101 cm³/mol. The van der Waals surface area contributed by atoms with E-state index >= 15 is 0 Å². The molecule has 3 heterocycles. The molecular weight excluding hydrogens is 342 g/mol. The third-order valence-electron chi connectivity index (χ3n) is 4.70. The second kappa shape index (κ2) is 7.45. The summed E-state index contributed by atoms with van der Waals surface area (Å²) in [5.41, 5.74) is 13.9. The van der Waals surface area contributed by atoms with Crippen LogP contribution >= 0.6 is 0 Å². The predicted octanol–water partition coefficient (Wildman–Crippen LogP) is 1.62. The molecule has 5 N–H and O–H groups in total. The molecule has 1 aliphatic rings. The molecule has 4 rings (SSSR count). The van der Waals surface area contributed by atoms with Gasteiger partial charge in [0.2, 0.25) is 12.0 Å². The number of pyridine rings is 1. The number of fused-ring (bicyclic) bond motifs is 1. The Kier molecular flexibility index (Phi) is 4.69. The van der Waals surface area contributed by atoms with E-state index in [2.05, 4.69) is 20.1 Å². The Labute approximate surface area is 156 Å². The molecule has 2 atom stereocenters. The van der Waals surface area contributed by atoms with Crippen molar-refractivity contribution in [1.29, 1.82) is 0 Å². The SMILES string of the molecule is NC(/C=C(\N)[C@H]1CC[C@@H](Oc2cccnc2)C1)=Nc1ncc[n+]2[nH]ccc12. The van der Waals surface area contributed by atoms with Gasteiger partial charge in [-0.15, -0.1) is 0 Å². The van der Waals surface area contributed by atoms with E-state index in [1.165, 1.54) is 0 Å². The van der Waals surface area contributed by atoms with Crippen LogP contribution in [-0.2, 0) is 0 Å². The minimum absolute atomic E-state index is 0.135. The molecule has 0 spiro atoms. The van der Waals surface area contributed by atoms with Crippen molar-refractivity contribution in [2.24, 2.45) is 22.4 Å². The Morgan fingerprint density at radius 3 is 3.07 bits per heavy atom. The van der Waals surface area contributed by atoms with Gasteiger partial charge in [-0.2, -0.15) is 5.10 Å². The van der Waals surface area contributed by atoms with Gasteiger partial charge in [-0.3, -0.25) is 4.98 Å². The average molecular weight is 364 g/mol. The van der Waals surface area contributed by atoms with Gasteiger partial charge in [0.1, 0.15) is 11.6 Å². The molecule has 1 fully saturated rings. The summed E-state index contributed by atoms with van der Waals surface area (Å²) < 4.78 is 7.80. The Morgan fingerprint density at radius 2 is 2.22 bits per heavy atom. The number of nitrogens with zero attached hydrogens (tertiary/aromatic N) is 4. The number of ether oxygens (including phenoxy) is 1. The summed E-state index contributed by atoms with van der Waals surface area (Å²) in [6, 6.07) is 5.67. The lowest BCUT2D eigenvalue weighted by molar-refractivity contribution is -0.576. The molecule has 138 valence electrons. The summed E-state index contributed by atoms with van der Waals surface area (Å²) in [6.45, 7) is 0. The summed E-state index contributed by atoms with van der Waals surface area (Å²) in [4.78, 5) is 12.8. The van der Waals surface area contributed by atoms with Gasteiger partial charge in [0.25, 0.3) is 5.52 Å². The molecule has 0 radical (unpaired) electrons. The van der Waals surface area contributed by atoms with Crippen molar-refractivity contribution in [3.05, 3.63) is 61.0 Å². The van der Waals surface area contributed by atoms with Crippen molar-refractivity contribution < 1.29 is 9.25 Å². The van der Waals surface area contributed by atoms with Crippen LogP contribution < -0.4 is 20.7 Å². The zero-order valence-corrected chi connectivity index (χ0v) is 14.8. The number of aliphatic imine (C=N–C) groups is 1. The third-order valence-corrected chi connectivity index (χ3v) is 4.70. The average Bonchev–Trinajstić information content (AvgIpc) is 3.32. The van der Waals surface area contributed by atoms with Crippen LogP contribution in [0.3, 0.4) is 0 Å². The fraction of sp³-hybridized carbons (Fsp3) is 0.263. The second-order valence-electron chi connectivity index (χ2n) is 6.59. The van der Waals surface area contributed by atoms with E-state index in [1.807, 2.05) is 35.1 Å². The maximum absolute atomic E-state index is 6.28. The number of nitrogens with one attached hydrogen (secondary N) is 1. The fourth-order valence-electron chi connectivity index (χ4n) is 3.38. The molecule has 0 unspecified atom stereocenters. The highest BCUT2D eigenvalue weighted by molar-refractivity contribution is 5.94. The van der Waals surface area contributed by atoms with Crippen LogP contribution in [0.2, 0.25) is 0 Å². The minimum atomic E-state index is 0.135. The van der Waals surface area contributed by atoms with E-state index < -0.39 is 0 Å². The number of nitrogens with two attached hydrogens (primary N) is 2. The van der Waals surface area contributed by atoms with Crippen LogP contribution in [0.5, 0.6) is 5.75 Å². The van der Waals surface area contributed by atoms with E-state index in [4.69, 9.17) is 16.2 Å². The lowest BCUT2D eigenvalue weighted by atomic mass is 10.0. The Hall–Kier alpha value is -3.42. The molecule has 0 aliphatic heterocycles. The summed E-state index contributed by atoms with van der Waals surface area (Å²) in [6.07, 6.45) is 13.4. The number of hydrogen-bond acceptors (Lipinski definition) is 5. The smallest absolute Gasteiger partial charge is 0.281 e. The number of allylic oxidation sites excluding steroid dienone is 1. The molecule has 0 saturated heterocycles. The van der Waals surface area contributed by atoms with E-state index in [0.717, 1.165) is 36.2 Å². The first-order valence-corrected chi connectivity index (χ1v) is 8.91. The second-order valence-corrected chi connectivity index (χ2v) is 6.59. The number of amidine groups is 1. The van der Waals surface area contributed by atoms with Gasteiger partial charge in [0.05, 0.1) is 24.7 Å². The van der Waals surface area contributed by atoms with Crippen LogP contribution in [0.25, 0.3) is 5.52 Å². The van der Waals surface area contributed by atoms with Crippen molar-refractivity contribution >= 4 is 17.2 Å². The fourth-order valence-corrected chi connectivity index (χ4v) is 3.38. The highest BCUT2D eigenvalue weighted by Gasteiger charge is 2.28. The van der Waals surface area contributed by atoms with Gasteiger partial charge < -0.3 is 16.2 Å².